The van der Waals surface area contributed by atoms with Crippen LogP contribution in [0.2, 0.25) is 0 Å². The van der Waals surface area contributed by atoms with Crippen molar-refractivity contribution >= 4 is 29.9 Å². The summed E-state index contributed by atoms with van der Waals surface area (Å²) in [5, 5.41) is 9.26. The fraction of sp³-hybridized carbons (Fsp3) is 0.556. The summed E-state index contributed by atoms with van der Waals surface area (Å²) < 4.78 is 5.39. The van der Waals surface area contributed by atoms with Crippen LogP contribution in [0.4, 0.5) is 5.69 Å². The van der Waals surface area contributed by atoms with Gasteiger partial charge in [-0.2, -0.15) is 0 Å². The van der Waals surface area contributed by atoms with Gasteiger partial charge >= 0.3 is 0 Å². The molecule has 2 aliphatic rings. The largest absolute Gasteiger partial charge is 0.384 e. The Labute approximate surface area is 154 Å². The van der Waals surface area contributed by atoms with Gasteiger partial charge in [0.25, 0.3) is 0 Å². The van der Waals surface area contributed by atoms with Crippen LogP contribution in [0.3, 0.4) is 0 Å². The first-order valence-electron chi connectivity index (χ1n) is 8.50. The lowest BCUT2D eigenvalue weighted by Gasteiger charge is -2.37. The van der Waals surface area contributed by atoms with E-state index < -0.39 is 5.92 Å². The highest BCUT2D eigenvalue weighted by atomic mass is 35.5. The summed E-state index contributed by atoms with van der Waals surface area (Å²) in [6, 6.07) is 7.51. The molecule has 3 rings (SSSR count). The summed E-state index contributed by atoms with van der Waals surface area (Å²) in [7, 11) is 1.70. The topological polar surface area (TPSA) is 79.5 Å². The van der Waals surface area contributed by atoms with E-state index in [-0.39, 0.29) is 36.1 Å². The molecule has 3 N–H and O–H groups in total. The Morgan fingerprint density at radius 3 is 2.76 bits per heavy atom. The second-order valence-corrected chi connectivity index (χ2v) is 6.79. The molecule has 2 heterocycles. The molecular weight excluding hydrogens is 342 g/mol. The number of ether oxygens (including phenoxy) is 1. The van der Waals surface area contributed by atoms with Crippen LogP contribution in [0, 0.1) is 5.41 Å². The fourth-order valence-electron chi connectivity index (χ4n) is 3.68. The molecule has 1 aromatic carbocycles. The van der Waals surface area contributed by atoms with Gasteiger partial charge in [0, 0.05) is 31.2 Å². The monoisotopic (exact) mass is 367 g/mol. The second kappa shape index (κ2) is 8.65. The lowest BCUT2D eigenvalue weighted by Crippen LogP contribution is -2.48. The number of fused-ring (bicyclic) bond motifs is 1. The van der Waals surface area contributed by atoms with E-state index in [9.17, 15) is 9.59 Å². The van der Waals surface area contributed by atoms with E-state index in [0.29, 0.717) is 13.2 Å². The van der Waals surface area contributed by atoms with Gasteiger partial charge in [-0.05, 0) is 37.6 Å². The number of benzene rings is 1. The molecular formula is C18H26ClN3O3. The van der Waals surface area contributed by atoms with E-state index in [1.165, 1.54) is 0 Å². The van der Waals surface area contributed by atoms with Gasteiger partial charge in [-0.15, -0.1) is 12.4 Å². The van der Waals surface area contributed by atoms with E-state index in [1.807, 2.05) is 24.3 Å². The number of para-hydroxylation sites is 1. The Morgan fingerprint density at radius 2 is 2.04 bits per heavy atom. The van der Waals surface area contributed by atoms with Crippen LogP contribution in [0.5, 0.6) is 0 Å². The van der Waals surface area contributed by atoms with Crippen molar-refractivity contribution in [3.63, 3.8) is 0 Å². The molecule has 7 heteroatoms. The van der Waals surface area contributed by atoms with Gasteiger partial charge in [0.1, 0.15) is 0 Å². The minimum atomic E-state index is -0.420. The third kappa shape index (κ3) is 4.51. The third-order valence-electron chi connectivity index (χ3n) is 5.07. The third-order valence-corrected chi connectivity index (χ3v) is 5.07. The fourth-order valence-corrected chi connectivity index (χ4v) is 3.68. The summed E-state index contributed by atoms with van der Waals surface area (Å²) in [6.45, 7) is 3.10. The number of halogens is 1. The average molecular weight is 368 g/mol. The van der Waals surface area contributed by atoms with Crippen LogP contribution in [0.25, 0.3) is 0 Å². The Morgan fingerprint density at radius 1 is 1.32 bits per heavy atom. The van der Waals surface area contributed by atoms with Gasteiger partial charge in [-0.25, -0.2) is 0 Å². The molecule has 2 amide bonds. The van der Waals surface area contributed by atoms with Crippen LogP contribution in [0.1, 0.15) is 30.7 Å². The molecule has 0 aliphatic carbocycles. The smallest absolute Gasteiger partial charge is 0.228 e. The van der Waals surface area contributed by atoms with Crippen molar-refractivity contribution < 1.29 is 14.3 Å². The van der Waals surface area contributed by atoms with E-state index in [1.54, 1.807) is 7.11 Å². The number of hydrogen-bond acceptors (Lipinski definition) is 4. The molecule has 0 saturated carbocycles. The average Bonchev–Trinajstić information content (AvgIpc) is 2.60. The maximum Gasteiger partial charge on any atom is 0.228 e. The van der Waals surface area contributed by atoms with Crippen LogP contribution < -0.4 is 16.0 Å². The Bertz CT molecular complexity index is 612. The summed E-state index contributed by atoms with van der Waals surface area (Å²) in [5.74, 6) is -0.607. The van der Waals surface area contributed by atoms with Crippen molar-refractivity contribution in [1.82, 2.24) is 10.6 Å². The molecule has 2 aliphatic heterocycles. The normalized spacial score (nSPS) is 21.5. The lowest BCUT2D eigenvalue weighted by molar-refractivity contribution is -0.127. The Kier molecular flexibility index (Phi) is 6.81. The molecule has 25 heavy (non-hydrogen) atoms. The molecule has 1 unspecified atom stereocenters. The zero-order valence-electron chi connectivity index (χ0n) is 14.5. The van der Waals surface area contributed by atoms with Gasteiger partial charge < -0.3 is 20.7 Å². The number of anilines is 1. The van der Waals surface area contributed by atoms with E-state index in [0.717, 1.165) is 37.2 Å². The first-order chi connectivity index (χ1) is 11.6. The number of carbonyl (C=O) groups is 2. The van der Waals surface area contributed by atoms with Crippen molar-refractivity contribution in [2.75, 3.05) is 38.7 Å². The number of nitrogens with one attached hydrogen (secondary N) is 3. The van der Waals surface area contributed by atoms with Crippen molar-refractivity contribution in [1.29, 1.82) is 0 Å². The number of rotatable bonds is 5. The van der Waals surface area contributed by atoms with Gasteiger partial charge in [-0.3, -0.25) is 9.59 Å². The number of piperidine rings is 1. The maximum absolute atomic E-state index is 12.7. The Balaban J connectivity index is 0.00000225. The van der Waals surface area contributed by atoms with Crippen molar-refractivity contribution in [3.05, 3.63) is 29.8 Å². The number of methoxy groups -OCH3 is 1. The lowest BCUT2D eigenvalue weighted by atomic mass is 9.79. The van der Waals surface area contributed by atoms with Crippen molar-refractivity contribution in [2.45, 2.75) is 25.2 Å². The summed E-state index contributed by atoms with van der Waals surface area (Å²) >= 11 is 0. The molecule has 138 valence electrons. The Hall–Kier alpha value is -1.63. The number of hydrogen-bond donors (Lipinski definition) is 3. The summed E-state index contributed by atoms with van der Waals surface area (Å²) in [5.41, 5.74) is 1.61. The van der Waals surface area contributed by atoms with Crippen LogP contribution in [-0.4, -0.2) is 45.2 Å². The molecule has 0 bridgehead atoms. The molecule has 0 aromatic heterocycles. The molecule has 1 saturated heterocycles. The minimum Gasteiger partial charge on any atom is -0.384 e. The molecule has 0 radical (unpaired) electrons. The molecule has 1 atom stereocenters. The standard InChI is InChI=1S/C18H25N3O3.ClH/c1-24-12-18(6-8-19-9-7-18)11-20-17(23)14-10-16(22)21-15-5-3-2-4-13(14)15;/h2-5,14,19H,6-12H2,1H3,(H,20,23)(H,21,22);1H. The predicted molar refractivity (Wildman–Crippen MR) is 99.1 cm³/mol. The SMILES string of the molecule is COCC1(CNC(=O)C2CC(=O)Nc3ccccc32)CCNCC1.Cl. The first-order valence-corrected chi connectivity index (χ1v) is 8.50. The number of carbonyl (C=O) groups excluding carboxylic acids is 2. The molecule has 0 spiro atoms. The highest BCUT2D eigenvalue weighted by Crippen LogP contribution is 2.33. The molecule has 1 fully saturated rings. The minimum absolute atomic E-state index is 0. The van der Waals surface area contributed by atoms with Gasteiger partial charge in [0.05, 0.1) is 12.5 Å². The highest BCUT2D eigenvalue weighted by molar-refractivity contribution is 6.01. The zero-order valence-corrected chi connectivity index (χ0v) is 15.3. The first kappa shape index (κ1) is 19.7. The predicted octanol–water partition coefficient (Wildman–Crippen LogP) is 1.67. The molecule has 1 aromatic rings. The van der Waals surface area contributed by atoms with E-state index in [2.05, 4.69) is 16.0 Å². The van der Waals surface area contributed by atoms with Crippen LogP contribution >= 0.6 is 12.4 Å². The van der Waals surface area contributed by atoms with Gasteiger partial charge in [-0.1, -0.05) is 18.2 Å². The van der Waals surface area contributed by atoms with Crippen molar-refractivity contribution in [3.8, 4) is 0 Å². The van der Waals surface area contributed by atoms with Gasteiger partial charge in [0.2, 0.25) is 11.8 Å². The number of amides is 2. The summed E-state index contributed by atoms with van der Waals surface area (Å²) in [4.78, 5) is 24.6. The molecule has 6 nitrogen and oxygen atoms in total. The van der Waals surface area contributed by atoms with Gasteiger partial charge in [0.15, 0.2) is 0 Å². The quantitative estimate of drug-likeness (QED) is 0.739. The van der Waals surface area contributed by atoms with E-state index in [4.69, 9.17) is 4.74 Å². The second-order valence-electron chi connectivity index (χ2n) is 6.79. The highest BCUT2D eigenvalue weighted by Gasteiger charge is 2.35. The maximum atomic E-state index is 12.7. The zero-order chi connectivity index (χ0) is 17.0. The van der Waals surface area contributed by atoms with E-state index >= 15 is 0 Å². The summed E-state index contributed by atoms with van der Waals surface area (Å²) in [6.07, 6.45) is 2.15. The van der Waals surface area contributed by atoms with Crippen LogP contribution in [-0.2, 0) is 14.3 Å². The van der Waals surface area contributed by atoms with Crippen molar-refractivity contribution in [2.24, 2.45) is 5.41 Å². The van der Waals surface area contributed by atoms with Crippen LogP contribution in [0.15, 0.2) is 24.3 Å².